The molecule has 0 bridgehead atoms. The maximum Gasteiger partial charge on any atom is 0.149 e. The molecule has 0 radical (unpaired) electrons. The monoisotopic (exact) mass is 738 g/mol. The molecule has 2 heterocycles. The zero-order valence-corrected chi connectivity index (χ0v) is 32.8. The van der Waals surface area contributed by atoms with Gasteiger partial charge in [-0.25, -0.2) is 4.98 Å². The largest absolute Gasteiger partial charge is 0.507 e. The minimum Gasteiger partial charge on any atom is -0.507 e. The van der Waals surface area contributed by atoms with Gasteiger partial charge in [0.1, 0.15) is 11.6 Å². The van der Waals surface area contributed by atoms with Crippen molar-refractivity contribution in [2.75, 3.05) is 0 Å². The summed E-state index contributed by atoms with van der Waals surface area (Å²) in [6.07, 6.45) is 1.60. The third kappa shape index (κ3) is 6.92. The Kier molecular flexibility index (Phi) is 7.67. The van der Waals surface area contributed by atoms with E-state index in [-0.39, 0.29) is 28.8 Å². The molecule has 0 unspecified atom stereocenters. The van der Waals surface area contributed by atoms with E-state index < -0.39 is 29.9 Å². The maximum absolute atomic E-state index is 11.3. The van der Waals surface area contributed by atoms with Gasteiger partial charge in [0, 0.05) is 25.8 Å². The Morgan fingerprint density at radius 3 is 1.98 bits per heavy atom. The number of hydrogen-bond donors (Lipinski definition) is 1. The van der Waals surface area contributed by atoms with Crippen molar-refractivity contribution in [3.8, 4) is 67.5 Å². The molecule has 0 aliphatic carbocycles. The van der Waals surface area contributed by atoms with Gasteiger partial charge in [-0.2, -0.15) is 0 Å². The lowest BCUT2D eigenvalue weighted by molar-refractivity contribution is 0.477. The van der Waals surface area contributed by atoms with Crippen LogP contribution in [0.2, 0.25) is 0 Å². The molecule has 0 fully saturated rings. The fourth-order valence-corrected chi connectivity index (χ4v) is 7.41. The number of fused-ring (bicyclic) bond motifs is 1. The van der Waals surface area contributed by atoms with E-state index in [1.807, 2.05) is 111 Å². The van der Waals surface area contributed by atoms with Crippen LogP contribution in [-0.2, 0) is 5.41 Å². The van der Waals surface area contributed by atoms with Gasteiger partial charge >= 0.3 is 0 Å². The van der Waals surface area contributed by atoms with Gasteiger partial charge in [0.15, 0.2) is 0 Å². The maximum atomic E-state index is 11.3. The number of benzene rings is 6. The molecule has 278 valence electrons. The molecular weight excluding hydrogens is 683 g/mol. The molecule has 6 aromatic carbocycles. The summed E-state index contributed by atoms with van der Waals surface area (Å²) in [5.41, 5.74) is 10.8. The SMILES string of the molecule is [2H]c1c([2H])c([2H])c(-c2ccnc(-c3cc(-c4cccc5c4nc(-c4ccccc4O)n5-c4ccc(-c5c(C([2H])(C)C)cccc5C([2H])(C)C)cc4)cc(C(C)(C)C)c3)c2)c([2H])c1[2H]. The number of hydrogen-bond acceptors (Lipinski definition) is 3. The third-order valence-electron chi connectivity index (χ3n) is 10.3. The molecule has 0 amide bonds. The number of phenolic OH excluding ortho intramolecular Hbond substituents is 1. The van der Waals surface area contributed by atoms with E-state index in [9.17, 15) is 5.11 Å². The van der Waals surface area contributed by atoms with Crippen LogP contribution in [0.15, 0.2) is 152 Å². The highest BCUT2D eigenvalue weighted by Gasteiger charge is 2.23. The van der Waals surface area contributed by atoms with E-state index in [4.69, 9.17) is 19.6 Å². The minimum absolute atomic E-state index is 0.0863. The van der Waals surface area contributed by atoms with E-state index in [0.717, 1.165) is 55.7 Å². The number of pyridine rings is 1. The molecule has 0 saturated carbocycles. The van der Waals surface area contributed by atoms with Crippen LogP contribution in [-0.4, -0.2) is 19.6 Å². The van der Waals surface area contributed by atoms with Crippen molar-refractivity contribution < 1.29 is 14.7 Å². The van der Waals surface area contributed by atoms with Crippen molar-refractivity contribution >= 4 is 11.0 Å². The van der Waals surface area contributed by atoms with Crippen LogP contribution >= 0.6 is 0 Å². The highest BCUT2D eigenvalue weighted by molar-refractivity contribution is 5.97. The zero-order valence-electron chi connectivity index (χ0n) is 39.8. The van der Waals surface area contributed by atoms with Gasteiger partial charge in [0.25, 0.3) is 0 Å². The average molecular weight is 739 g/mol. The molecule has 0 saturated heterocycles. The summed E-state index contributed by atoms with van der Waals surface area (Å²) in [5.74, 6) is -1.18. The molecule has 0 aliphatic heterocycles. The van der Waals surface area contributed by atoms with E-state index in [0.29, 0.717) is 28.2 Å². The van der Waals surface area contributed by atoms with Gasteiger partial charge in [-0.1, -0.05) is 139 Å². The topological polar surface area (TPSA) is 50.9 Å². The number of imidazole rings is 1. The van der Waals surface area contributed by atoms with Crippen molar-refractivity contribution in [3.05, 3.63) is 168 Å². The molecule has 0 spiro atoms. The fourth-order valence-electron chi connectivity index (χ4n) is 7.41. The number of nitrogens with zero attached hydrogens (tertiary/aromatic N) is 3. The predicted octanol–water partition coefficient (Wildman–Crippen LogP) is 14.0. The van der Waals surface area contributed by atoms with Crippen LogP contribution in [0.1, 0.15) is 86.5 Å². The summed E-state index contributed by atoms with van der Waals surface area (Å²) in [6.45, 7) is 13.9. The molecule has 0 aliphatic rings. The van der Waals surface area contributed by atoms with E-state index in [1.165, 1.54) is 0 Å². The van der Waals surface area contributed by atoms with Gasteiger partial charge in [0.05, 0.1) is 29.1 Å². The summed E-state index contributed by atoms with van der Waals surface area (Å²) in [5, 5.41) is 11.3. The van der Waals surface area contributed by atoms with Crippen molar-refractivity contribution in [3.63, 3.8) is 0 Å². The molecule has 8 rings (SSSR count). The van der Waals surface area contributed by atoms with Gasteiger partial charge in [-0.3, -0.25) is 9.55 Å². The Bertz CT molecular complexity index is 3020. The Labute approximate surface area is 341 Å². The Morgan fingerprint density at radius 1 is 0.643 bits per heavy atom. The molecular formula is C52H49N3O. The molecule has 4 nitrogen and oxygen atoms in total. The zero-order chi connectivity index (χ0) is 45.3. The Hall–Kier alpha value is -6.26. The summed E-state index contributed by atoms with van der Waals surface area (Å²) in [6, 6.07) is 35.1. The molecule has 1 N–H and O–H groups in total. The minimum atomic E-state index is -0.905. The van der Waals surface area contributed by atoms with Crippen molar-refractivity contribution in [1.82, 2.24) is 14.5 Å². The van der Waals surface area contributed by atoms with Crippen molar-refractivity contribution in [2.24, 2.45) is 0 Å². The van der Waals surface area contributed by atoms with Crippen LogP contribution in [0.4, 0.5) is 0 Å². The number of phenols is 1. The number of aromatic nitrogens is 3. The lowest BCUT2D eigenvalue weighted by Gasteiger charge is -2.22. The van der Waals surface area contributed by atoms with E-state index >= 15 is 0 Å². The van der Waals surface area contributed by atoms with Gasteiger partial charge in [-0.15, -0.1) is 0 Å². The number of aromatic hydroxyl groups is 1. The first-order valence-corrected chi connectivity index (χ1v) is 18.9. The van der Waals surface area contributed by atoms with Crippen LogP contribution in [0.5, 0.6) is 5.75 Å². The predicted molar refractivity (Wildman–Crippen MR) is 235 cm³/mol. The standard InChI is InChI=1S/C52H49N3O/c1-33(2)42-18-13-19-43(34(3)4)49(42)36-23-25-41(26-24-36)55-47-21-14-20-44(50(47)54-51(55)45-17-11-12-22-48(45)56)38-29-39(31-40(30-38)52(5,6)7)46-32-37(27-28-53-46)35-15-9-8-10-16-35/h8-34,56H,1-7H3/i8D,9D,10D,15D,16D,33D,34D. The lowest BCUT2D eigenvalue weighted by atomic mass is 9.83. The van der Waals surface area contributed by atoms with Crippen LogP contribution in [0.25, 0.3) is 72.7 Å². The van der Waals surface area contributed by atoms with Gasteiger partial charge < -0.3 is 5.11 Å². The first-order chi connectivity index (χ1) is 29.6. The summed E-state index contributed by atoms with van der Waals surface area (Å²) < 4.78 is 61.9. The highest BCUT2D eigenvalue weighted by atomic mass is 16.3. The second-order valence-electron chi connectivity index (χ2n) is 15.7. The quantitative estimate of drug-likeness (QED) is 0.169. The summed E-state index contributed by atoms with van der Waals surface area (Å²) in [4.78, 5) is 10.0. The first-order valence-electron chi connectivity index (χ1n) is 22.4. The summed E-state index contributed by atoms with van der Waals surface area (Å²) in [7, 11) is 0. The molecule has 4 heteroatoms. The van der Waals surface area contributed by atoms with E-state index in [1.54, 1.807) is 30.5 Å². The second kappa shape index (κ2) is 14.8. The smallest absolute Gasteiger partial charge is 0.149 e. The Balaban J connectivity index is 1.33. The normalized spacial score (nSPS) is 14.0. The van der Waals surface area contributed by atoms with Gasteiger partial charge in [-0.05, 0) is 116 Å². The molecule has 0 atom stereocenters. The lowest BCUT2D eigenvalue weighted by Crippen LogP contribution is -2.11. The van der Waals surface area contributed by atoms with Crippen LogP contribution < -0.4 is 0 Å². The van der Waals surface area contributed by atoms with Crippen LogP contribution in [0, 0.1) is 0 Å². The van der Waals surface area contributed by atoms with Crippen molar-refractivity contribution in [1.29, 1.82) is 0 Å². The highest BCUT2D eigenvalue weighted by Crippen LogP contribution is 2.41. The number of rotatable bonds is 8. The van der Waals surface area contributed by atoms with Crippen molar-refractivity contribution in [2.45, 2.75) is 65.7 Å². The first kappa shape index (κ1) is 29.1. The molecule has 2 aromatic heterocycles. The summed E-state index contributed by atoms with van der Waals surface area (Å²) >= 11 is 0. The number of para-hydroxylation sites is 2. The Morgan fingerprint density at radius 2 is 1.30 bits per heavy atom. The second-order valence-corrected chi connectivity index (χ2v) is 15.7. The molecule has 8 aromatic rings. The van der Waals surface area contributed by atoms with Gasteiger partial charge in [0.2, 0.25) is 0 Å². The molecule has 56 heavy (non-hydrogen) atoms. The van der Waals surface area contributed by atoms with E-state index in [2.05, 4.69) is 32.9 Å². The van der Waals surface area contributed by atoms with Crippen LogP contribution in [0.3, 0.4) is 0 Å². The fraction of sp³-hybridized carbons (Fsp3) is 0.192. The average Bonchev–Trinajstić information content (AvgIpc) is 3.63. The third-order valence-corrected chi connectivity index (χ3v) is 10.3.